The predicted molar refractivity (Wildman–Crippen MR) is 104 cm³/mol. The zero-order valence-corrected chi connectivity index (χ0v) is 15.9. The van der Waals surface area contributed by atoms with Crippen molar-refractivity contribution >= 4 is 47.3 Å². The highest BCUT2D eigenvalue weighted by atomic mass is 35.5. The molecule has 0 fully saturated rings. The summed E-state index contributed by atoms with van der Waals surface area (Å²) in [6.45, 7) is -0.530. The van der Waals surface area contributed by atoms with Crippen molar-refractivity contribution in [2.75, 3.05) is 25.0 Å². The molecular weight excluding hydrogens is 396 g/mol. The number of amides is 2. The molecule has 0 aliphatic rings. The highest BCUT2D eigenvalue weighted by molar-refractivity contribution is 6.31. The summed E-state index contributed by atoms with van der Waals surface area (Å²) in [7, 11) is 1.44. The van der Waals surface area contributed by atoms with E-state index in [2.05, 4.69) is 5.32 Å². The van der Waals surface area contributed by atoms with Crippen LogP contribution in [-0.2, 0) is 9.59 Å². The van der Waals surface area contributed by atoms with E-state index < -0.39 is 23.4 Å². The molecular formula is C18H18Cl2FN3O3. The van der Waals surface area contributed by atoms with Gasteiger partial charge >= 0.3 is 0 Å². The molecule has 2 rings (SSSR count). The first-order chi connectivity index (χ1) is 12.3. The third-order valence-corrected chi connectivity index (χ3v) is 3.91. The van der Waals surface area contributed by atoms with Gasteiger partial charge < -0.3 is 16.0 Å². The van der Waals surface area contributed by atoms with Gasteiger partial charge in [0.05, 0.1) is 24.3 Å². The fourth-order valence-electron chi connectivity index (χ4n) is 2.27. The molecule has 0 unspecified atom stereocenters. The Morgan fingerprint density at radius 3 is 2.44 bits per heavy atom. The molecule has 0 saturated heterocycles. The molecule has 0 atom stereocenters. The van der Waals surface area contributed by atoms with Crippen LogP contribution in [0, 0.1) is 5.82 Å². The molecule has 6 nitrogen and oxygen atoms in total. The lowest BCUT2D eigenvalue weighted by Gasteiger charge is -2.21. The molecule has 0 spiro atoms. The van der Waals surface area contributed by atoms with E-state index in [0.29, 0.717) is 0 Å². The molecule has 2 aromatic carbocycles. The Hall–Kier alpha value is -2.48. The predicted octanol–water partition coefficient (Wildman–Crippen LogP) is 2.17. The van der Waals surface area contributed by atoms with Crippen LogP contribution in [0.1, 0.15) is 15.9 Å². The Morgan fingerprint density at radius 1 is 1.15 bits per heavy atom. The SMILES string of the molecule is CN(C(=O)CNC(=O)CN)c1ccc(Cl)cc1C(=O)c1ccccc1F.Cl. The lowest BCUT2D eigenvalue weighted by molar-refractivity contribution is -0.124. The van der Waals surface area contributed by atoms with Crippen LogP contribution < -0.4 is 16.0 Å². The van der Waals surface area contributed by atoms with E-state index in [0.717, 1.165) is 0 Å². The standard InChI is InChI=1S/C18H17ClFN3O3.ClH/c1-23(17(25)10-22-16(24)9-21)15-7-6-11(19)8-13(15)18(26)12-4-2-3-5-14(12)20;/h2-8H,9-10,21H2,1H3,(H,22,24);1H. The number of nitrogens with two attached hydrogens (primary N) is 1. The zero-order valence-electron chi connectivity index (χ0n) is 14.4. The van der Waals surface area contributed by atoms with Crippen LogP contribution in [0.2, 0.25) is 5.02 Å². The second-order valence-corrected chi connectivity index (χ2v) is 5.84. The molecule has 2 aromatic rings. The van der Waals surface area contributed by atoms with E-state index in [1.807, 2.05) is 0 Å². The first kappa shape index (κ1) is 22.6. The molecule has 0 bridgehead atoms. The summed E-state index contributed by atoms with van der Waals surface area (Å²) < 4.78 is 14.0. The lowest BCUT2D eigenvalue weighted by Crippen LogP contribution is -2.40. The van der Waals surface area contributed by atoms with Gasteiger partial charge in [-0.25, -0.2) is 4.39 Å². The van der Waals surface area contributed by atoms with Gasteiger partial charge in [-0.1, -0.05) is 23.7 Å². The fourth-order valence-corrected chi connectivity index (χ4v) is 2.44. The van der Waals surface area contributed by atoms with Gasteiger partial charge in [0.25, 0.3) is 0 Å². The van der Waals surface area contributed by atoms with Crippen molar-refractivity contribution < 1.29 is 18.8 Å². The van der Waals surface area contributed by atoms with E-state index in [4.69, 9.17) is 17.3 Å². The van der Waals surface area contributed by atoms with Gasteiger partial charge in [-0.05, 0) is 30.3 Å². The Bertz CT molecular complexity index is 861. The third kappa shape index (κ3) is 5.50. The number of halogens is 3. The van der Waals surface area contributed by atoms with Gasteiger partial charge in [0.15, 0.2) is 5.78 Å². The van der Waals surface area contributed by atoms with Crippen LogP contribution in [0.5, 0.6) is 0 Å². The number of ketones is 1. The normalized spacial score (nSPS) is 9.93. The smallest absolute Gasteiger partial charge is 0.246 e. The maximum absolute atomic E-state index is 14.0. The van der Waals surface area contributed by atoms with E-state index >= 15 is 0 Å². The Morgan fingerprint density at radius 2 is 1.81 bits per heavy atom. The van der Waals surface area contributed by atoms with Crippen molar-refractivity contribution in [1.82, 2.24) is 5.32 Å². The number of nitrogens with zero attached hydrogens (tertiary/aromatic N) is 1. The second kappa shape index (κ2) is 10.0. The molecule has 0 aliphatic carbocycles. The molecule has 0 aromatic heterocycles. The van der Waals surface area contributed by atoms with Crippen molar-refractivity contribution in [3.63, 3.8) is 0 Å². The van der Waals surface area contributed by atoms with Crippen LogP contribution in [0.25, 0.3) is 0 Å². The average Bonchev–Trinajstić information content (AvgIpc) is 2.65. The fraction of sp³-hybridized carbons (Fsp3) is 0.167. The van der Waals surface area contributed by atoms with Crippen LogP contribution in [-0.4, -0.2) is 37.7 Å². The summed E-state index contributed by atoms with van der Waals surface area (Å²) in [5, 5.41) is 2.63. The number of likely N-dealkylation sites (N-methyl/N-ethyl adjacent to an activating group) is 1. The van der Waals surface area contributed by atoms with Gasteiger partial charge in [0.1, 0.15) is 5.82 Å². The van der Waals surface area contributed by atoms with Gasteiger partial charge in [-0.3, -0.25) is 14.4 Å². The lowest BCUT2D eigenvalue weighted by atomic mass is 10.0. The van der Waals surface area contributed by atoms with E-state index in [1.165, 1.54) is 54.4 Å². The first-order valence-electron chi connectivity index (χ1n) is 7.67. The van der Waals surface area contributed by atoms with Crippen LogP contribution in [0.4, 0.5) is 10.1 Å². The Labute approximate surface area is 166 Å². The monoisotopic (exact) mass is 413 g/mol. The van der Waals surface area contributed by atoms with Gasteiger partial charge in [-0.15, -0.1) is 12.4 Å². The molecule has 0 saturated carbocycles. The number of anilines is 1. The van der Waals surface area contributed by atoms with E-state index in [1.54, 1.807) is 0 Å². The zero-order chi connectivity index (χ0) is 19.3. The highest BCUT2D eigenvalue weighted by Gasteiger charge is 2.22. The van der Waals surface area contributed by atoms with Crippen molar-refractivity contribution in [2.45, 2.75) is 0 Å². The largest absolute Gasteiger partial charge is 0.346 e. The van der Waals surface area contributed by atoms with E-state index in [9.17, 15) is 18.8 Å². The summed E-state index contributed by atoms with van der Waals surface area (Å²) in [6.07, 6.45) is 0. The topological polar surface area (TPSA) is 92.5 Å². The maximum Gasteiger partial charge on any atom is 0.246 e. The molecule has 0 heterocycles. The molecule has 3 N–H and O–H groups in total. The van der Waals surface area contributed by atoms with Crippen molar-refractivity contribution in [3.8, 4) is 0 Å². The molecule has 27 heavy (non-hydrogen) atoms. The minimum absolute atomic E-state index is 0. The van der Waals surface area contributed by atoms with Crippen LogP contribution >= 0.6 is 24.0 Å². The number of benzene rings is 2. The minimum Gasteiger partial charge on any atom is -0.346 e. The number of carbonyl (C=O) groups excluding carboxylic acids is 3. The Balaban J connectivity index is 0.00000364. The molecule has 0 aliphatic heterocycles. The van der Waals surface area contributed by atoms with E-state index in [-0.39, 0.29) is 47.3 Å². The molecule has 144 valence electrons. The number of carbonyl (C=O) groups is 3. The summed E-state index contributed by atoms with van der Waals surface area (Å²) >= 11 is 5.97. The molecule has 9 heteroatoms. The third-order valence-electron chi connectivity index (χ3n) is 3.68. The number of hydrogen-bond donors (Lipinski definition) is 2. The summed E-state index contributed by atoms with van der Waals surface area (Å²) in [6, 6.07) is 9.91. The number of nitrogens with one attached hydrogen (secondary N) is 1. The minimum atomic E-state index is -0.674. The summed E-state index contributed by atoms with van der Waals surface area (Å²) in [5.74, 6) is -2.24. The quantitative estimate of drug-likeness (QED) is 0.709. The van der Waals surface area contributed by atoms with Gasteiger partial charge in [0, 0.05) is 17.6 Å². The van der Waals surface area contributed by atoms with Gasteiger partial charge in [-0.2, -0.15) is 0 Å². The Kier molecular flexibility index (Phi) is 8.36. The first-order valence-corrected chi connectivity index (χ1v) is 8.05. The highest BCUT2D eigenvalue weighted by Crippen LogP contribution is 2.27. The second-order valence-electron chi connectivity index (χ2n) is 5.40. The summed E-state index contributed by atoms with van der Waals surface area (Å²) in [5.41, 5.74) is 5.36. The average molecular weight is 414 g/mol. The molecule has 2 amide bonds. The maximum atomic E-state index is 14.0. The summed E-state index contributed by atoms with van der Waals surface area (Å²) in [4.78, 5) is 37.4. The van der Waals surface area contributed by atoms with Crippen LogP contribution in [0.15, 0.2) is 42.5 Å². The van der Waals surface area contributed by atoms with Crippen molar-refractivity contribution in [1.29, 1.82) is 0 Å². The van der Waals surface area contributed by atoms with Crippen molar-refractivity contribution in [3.05, 3.63) is 64.4 Å². The molecule has 0 radical (unpaired) electrons. The number of hydrogen-bond acceptors (Lipinski definition) is 4. The van der Waals surface area contributed by atoms with Crippen molar-refractivity contribution in [2.24, 2.45) is 5.73 Å². The van der Waals surface area contributed by atoms with Crippen LogP contribution in [0.3, 0.4) is 0 Å². The number of rotatable bonds is 6. The van der Waals surface area contributed by atoms with Gasteiger partial charge in [0.2, 0.25) is 11.8 Å².